The highest BCUT2D eigenvalue weighted by Crippen LogP contribution is 2.23. The van der Waals surface area contributed by atoms with Crippen molar-refractivity contribution in [2.75, 3.05) is 6.54 Å². The lowest BCUT2D eigenvalue weighted by molar-refractivity contribution is 0.146. The van der Waals surface area contributed by atoms with Gasteiger partial charge in [0, 0.05) is 25.7 Å². The van der Waals surface area contributed by atoms with E-state index in [0.29, 0.717) is 12.1 Å². The van der Waals surface area contributed by atoms with Gasteiger partial charge in [0.05, 0.1) is 11.4 Å². The van der Waals surface area contributed by atoms with Crippen LogP contribution < -0.4 is 5.73 Å². The standard InChI is InChI=1S/C15H28N4/c1-4-13-10-15(18(3)17-13)11-19(5-2)14-8-6-12(16)7-9-14/h10,12,14H,4-9,11,16H2,1-3H3. The summed E-state index contributed by atoms with van der Waals surface area (Å²) in [6.45, 7) is 6.53. The van der Waals surface area contributed by atoms with Gasteiger partial charge in [-0.2, -0.15) is 5.10 Å². The predicted octanol–water partition coefficient (Wildman–Crippen LogP) is 2.07. The van der Waals surface area contributed by atoms with Gasteiger partial charge < -0.3 is 5.73 Å². The summed E-state index contributed by atoms with van der Waals surface area (Å²) >= 11 is 0. The molecule has 4 heteroatoms. The molecule has 2 rings (SSSR count). The smallest absolute Gasteiger partial charge is 0.0625 e. The Morgan fingerprint density at radius 3 is 2.53 bits per heavy atom. The van der Waals surface area contributed by atoms with E-state index < -0.39 is 0 Å². The van der Waals surface area contributed by atoms with Crippen LogP contribution in [0.4, 0.5) is 0 Å². The molecule has 4 nitrogen and oxygen atoms in total. The number of aryl methyl sites for hydroxylation is 2. The number of nitrogens with zero attached hydrogens (tertiary/aromatic N) is 3. The van der Waals surface area contributed by atoms with E-state index in [0.717, 1.165) is 19.5 Å². The van der Waals surface area contributed by atoms with Crippen molar-refractivity contribution in [2.24, 2.45) is 12.8 Å². The van der Waals surface area contributed by atoms with E-state index in [2.05, 4.69) is 37.0 Å². The average Bonchev–Trinajstić information content (AvgIpc) is 2.78. The molecule has 1 saturated carbocycles. The molecule has 0 aliphatic heterocycles. The van der Waals surface area contributed by atoms with E-state index in [9.17, 15) is 0 Å². The fourth-order valence-electron chi connectivity index (χ4n) is 3.07. The van der Waals surface area contributed by atoms with Crippen molar-refractivity contribution in [2.45, 2.75) is 64.6 Å². The summed E-state index contributed by atoms with van der Waals surface area (Å²) in [5.41, 5.74) is 8.53. The van der Waals surface area contributed by atoms with E-state index in [1.54, 1.807) is 0 Å². The first kappa shape index (κ1) is 14.5. The predicted molar refractivity (Wildman–Crippen MR) is 78.9 cm³/mol. The van der Waals surface area contributed by atoms with Gasteiger partial charge >= 0.3 is 0 Å². The van der Waals surface area contributed by atoms with Crippen molar-refractivity contribution >= 4 is 0 Å². The van der Waals surface area contributed by atoms with Crippen molar-refractivity contribution in [1.29, 1.82) is 0 Å². The molecule has 0 spiro atoms. The normalized spacial score (nSPS) is 24.1. The fourth-order valence-corrected chi connectivity index (χ4v) is 3.07. The van der Waals surface area contributed by atoms with Gasteiger partial charge in [-0.05, 0) is 44.7 Å². The monoisotopic (exact) mass is 264 g/mol. The van der Waals surface area contributed by atoms with Gasteiger partial charge in [-0.25, -0.2) is 0 Å². The summed E-state index contributed by atoms with van der Waals surface area (Å²) in [5.74, 6) is 0. The Labute approximate surface area is 117 Å². The minimum atomic E-state index is 0.429. The van der Waals surface area contributed by atoms with Crippen LogP contribution in [0.2, 0.25) is 0 Å². The first-order chi connectivity index (χ1) is 9.13. The largest absolute Gasteiger partial charge is 0.328 e. The van der Waals surface area contributed by atoms with Gasteiger partial charge in [-0.3, -0.25) is 9.58 Å². The Balaban J connectivity index is 2.00. The third kappa shape index (κ3) is 3.57. The van der Waals surface area contributed by atoms with Crippen LogP contribution in [0, 0.1) is 0 Å². The molecule has 0 saturated heterocycles. The fraction of sp³-hybridized carbons (Fsp3) is 0.800. The molecule has 2 N–H and O–H groups in total. The first-order valence-electron chi connectivity index (χ1n) is 7.65. The molecule has 108 valence electrons. The third-order valence-electron chi connectivity index (χ3n) is 4.42. The molecule has 0 radical (unpaired) electrons. The van der Waals surface area contributed by atoms with Crippen LogP contribution in [0.3, 0.4) is 0 Å². The summed E-state index contributed by atoms with van der Waals surface area (Å²) < 4.78 is 2.04. The van der Waals surface area contributed by atoms with E-state index in [4.69, 9.17) is 5.73 Å². The van der Waals surface area contributed by atoms with Crippen LogP contribution in [-0.4, -0.2) is 33.3 Å². The molecule has 19 heavy (non-hydrogen) atoms. The number of aromatic nitrogens is 2. The van der Waals surface area contributed by atoms with Gasteiger partial charge in [0.1, 0.15) is 0 Å². The summed E-state index contributed by atoms with van der Waals surface area (Å²) in [4.78, 5) is 2.59. The Bertz CT molecular complexity index is 391. The van der Waals surface area contributed by atoms with E-state index in [-0.39, 0.29) is 0 Å². The SMILES string of the molecule is CCc1cc(CN(CC)C2CCC(N)CC2)n(C)n1. The second-order valence-corrected chi connectivity index (χ2v) is 5.74. The molecule has 0 unspecified atom stereocenters. The lowest BCUT2D eigenvalue weighted by Crippen LogP contribution is -2.40. The zero-order chi connectivity index (χ0) is 13.8. The summed E-state index contributed by atoms with van der Waals surface area (Å²) in [6, 6.07) is 3.38. The molecule has 0 atom stereocenters. The molecule has 1 fully saturated rings. The van der Waals surface area contributed by atoms with Crippen molar-refractivity contribution in [3.8, 4) is 0 Å². The van der Waals surface area contributed by atoms with Crippen molar-refractivity contribution in [3.05, 3.63) is 17.5 Å². The summed E-state index contributed by atoms with van der Waals surface area (Å²) in [6.07, 6.45) is 5.85. The van der Waals surface area contributed by atoms with Crippen molar-refractivity contribution < 1.29 is 0 Å². The number of hydrogen-bond acceptors (Lipinski definition) is 3. The lowest BCUT2D eigenvalue weighted by atomic mass is 9.90. The van der Waals surface area contributed by atoms with Crippen LogP contribution >= 0.6 is 0 Å². The average molecular weight is 264 g/mol. The molecule has 1 aliphatic rings. The first-order valence-corrected chi connectivity index (χ1v) is 7.65. The van der Waals surface area contributed by atoms with Gasteiger partial charge in [-0.1, -0.05) is 13.8 Å². The molecule has 0 amide bonds. The molecular formula is C15H28N4. The molecule has 0 aromatic carbocycles. The summed E-state index contributed by atoms with van der Waals surface area (Å²) in [7, 11) is 2.05. The Kier molecular flexibility index (Phi) is 4.99. The zero-order valence-electron chi connectivity index (χ0n) is 12.6. The highest BCUT2D eigenvalue weighted by Gasteiger charge is 2.24. The molecule has 1 heterocycles. The molecular weight excluding hydrogens is 236 g/mol. The minimum Gasteiger partial charge on any atom is -0.328 e. The second kappa shape index (κ2) is 6.53. The van der Waals surface area contributed by atoms with E-state index in [1.165, 1.54) is 37.1 Å². The second-order valence-electron chi connectivity index (χ2n) is 5.74. The van der Waals surface area contributed by atoms with Crippen LogP contribution in [0.5, 0.6) is 0 Å². The maximum Gasteiger partial charge on any atom is 0.0625 e. The van der Waals surface area contributed by atoms with Crippen molar-refractivity contribution in [1.82, 2.24) is 14.7 Å². The highest BCUT2D eigenvalue weighted by atomic mass is 15.3. The van der Waals surface area contributed by atoms with Crippen LogP contribution in [-0.2, 0) is 20.0 Å². The molecule has 1 aromatic heterocycles. The van der Waals surface area contributed by atoms with Crippen LogP contribution in [0.25, 0.3) is 0 Å². The maximum absolute atomic E-state index is 6.00. The number of rotatable bonds is 5. The third-order valence-corrected chi connectivity index (χ3v) is 4.42. The van der Waals surface area contributed by atoms with Crippen molar-refractivity contribution in [3.63, 3.8) is 0 Å². The Morgan fingerprint density at radius 1 is 1.32 bits per heavy atom. The van der Waals surface area contributed by atoms with Gasteiger partial charge in [0.15, 0.2) is 0 Å². The molecule has 0 bridgehead atoms. The van der Waals surface area contributed by atoms with Gasteiger partial charge in [0.2, 0.25) is 0 Å². The van der Waals surface area contributed by atoms with Gasteiger partial charge in [0.25, 0.3) is 0 Å². The molecule has 1 aromatic rings. The Morgan fingerprint density at radius 2 is 2.00 bits per heavy atom. The van der Waals surface area contributed by atoms with E-state index >= 15 is 0 Å². The number of hydrogen-bond donors (Lipinski definition) is 1. The van der Waals surface area contributed by atoms with Crippen LogP contribution in [0.1, 0.15) is 50.9 Å². The maximum atomic E-state index is 6.00. The zero-order valence-corrected chi connectivity index (χ0v) is 12.6. The lowest BCUT2D eigenvalue weighted by Gasteiger charge is -2.35. The summed E-state index contributed by atoms with van der Waals surface area (Å²) in [5, 5.41) is 4.54. The quantitative estimate of drug-likeness (QED) is 0.885. The number of nitrogens with two attached hydrogens (primary N) is 1. The Hall–Kier alpha value is -0.870. The highest BCUT2D eigenvalue weighted by molar-refractivity contribution is 5.10. The topological polar surface area (TPSA) is 47.1 Å². The molecule has 1 aliphatic carbocycles. The van der Waals surface area contributed by atoms with E-state index in [1.807, 2.05) is 4.68 Å². The minimum absolute atomic E-state index is 0.429. The van der Waals surface area contributed by atoms with Gasteiger partial charge in [-0.15, -0.1) is 0 Å². The van der Waals surface area contributed by atoms with Crippen LogP contribution in [0.15, 0.2) is 6.07 Å².